The lowest BCUT2D eigenvalue weighted by molar-refractivity contribution is -0.0315. The molecule has 0 bridgehead atoms. The minimum atomic E-state index is -0.289. The first-order chi connectivity index (χ1) is 15.0. The molecule has 1 saturated heterocycles. The van der Waals surface area contributed by atoms with E-state index in [0.717, 1.165) is 55.1 Å². The fourth-order valence-electron chi connectivity index (χ4n) is 4.73. The molecule has 6 heteroatoms. The first kappa shape index (κ1) is 19.9. The predicted molar refractivity (Wildman–Crippen MR) is 119 cm³/mol. The molecule has 0 saturated carbocycles. The van der Waals surface area contributed by atoms with Crippen LogP contribution in [-0.4, -0.2) is 45.7 Å². The molecule has 1 N–H and O–H groups in total. The fourth-order valence-corrected chi connectivity index (χ4v) is 4.73. The number of nitrogens with zero attached hydrogens (tertiary/aromatic N) is 3. The summed E-state index contributed by atoms with van der Waals surface area (Å²) in [5, 5.41) is 7.50. The molecule has 6 nitrogen and oxygen atoms in total. The van der Waals surface area contributed by atoms with Gasteiger partial charge in [0.25, 0.3) is 5.91 Å². The minimum absolute atomic E-state index is 0.119. The Morgan fingerprint density at radius 3 is 2.68 bits per heavy atom. The number of rotatable bonds is 3. The minimum Gasteiger partial charge on any atom is -0.371 e. The third-order valence-corrected chi connectivity index (χ3v) is 6.54. The van der Waals surface area contributed by atoms with Gasteiger partial charge in [0.15, 0.2) is 5.82 Å². The maximum absolute atomic E-state index is 13.1. The van der Waals surface area contributed by atoms with Crippen molar-refractivity contribution in [2.24, 2.45) is 0 Å². The third kappa shape index (κ3) is 3.88. The van der Waals surface area contributed by atoms with Crippen LogP contribution in [0.2, 0.25) is 0 Å². The van der Waals surface area contributed by atoms with E-state index < -0.39 is 0 Å². The van der Waals surface area contributed by atoms with Crippen molar-refractivity contribution < 1.29 is 9.53 Å². The Morgan fingerprint density at radius 2 is 1.90 bits per heavy atom. The number of hydrogen-bond donors (Lipinski definition) is 1. The lowest BCUT2D eigenvalue weighted by Crippen LogP contribution is -2.38. The Labute approximate surface area is 182 Å². The van der Waals surface area contributed by atoms with Crippen LogP contribution in [0.4, 0.5) is 0 Å². The summed E-state index contributed by atoms with van der Waals surface area (Å²) in [4.78, 5) is 19.8. The summed E-state index contributed by atoms with van der Waals surface area (Å²) in [7, 11) is 0. The summed E-state index contributed by atoms with van der Waals surface area (Å²) in [6.07, 6.45) is 2.64. The van der Waals surface area contributed by atoms with E-state index in [-0.39, 0.29) is 11.5 Å². The van der Waals surface area contributed by atoms with Crippen molar-refractivity contribution in [3.05, 3.63) is 71.0 Å². The second kappa shape index (κ2) is 7.93. The van der Waals surface area contributed by atoms with Gasteiger partial charge in [0, 0.05) is 30.1 Å². The van der Waals surface area contributed by atoms with Gasteiger partial charge in [0.1, 0.15) is 5.82 Å². The lowest BCUT2D eigenvalue weighted by Gasteiger charge is -2.34. The predicted octanol–water partition coefficient (Wildman–Crippen LogP) is 4.30. The molecule has 1 aromatic heterocycles. The van der Waals surface area contributed by atoms with Crippen LogP contribution in [0.25, 0.3) is 11.4 Å². The molecule has 3 aromatic rings. The van der Waals surface area contributed by atoms with Crippen LogP contribution >= 0.6 is 0 Å². The molecule has 2 aliphatic rings. The van der Waals surface area contributed by atoms with Gasteiger partial charge < -0.3 is 9.64 Å². The van der Waals surface area contributed by atoms with Crippen molar-refractivity contribution >= 4 is 5.91 Å². The number of benzene rings is 2. The van der Waals surface area contributed by atoms with Crippen LogP contribution in [0.1, 0.15) is 59.9 Å². The number of H-pyrrole nitrogens is 1. The number of ether oxygens (including phenoxy) is 1. The Bertz CT molecular complexity index is 1080. The molecule has 0 aliphatic carbocycles. The van der Waals surface area contributed by atoms with E-state index >= 15 is 0 Å². The zero-order chi connectivity index (χ0) is 21.4. The molecule has 2 aromatic carbocycles. The lowest BCUT2D eigenvalue weighted by atomic mass is 9.87. The fraction of sp³-hybridized carbons (Fsp3) is 0.400. The van der Waals surface area contributed by atoms with Crippen LogP contribution in [0.3, 0.4) is 0 Å². The molecule has 0 radical (unpaired) electrons. The zero-order valence-corrected chi connectivity index (χ0v) is 18.1. The molecule has 1 amide bonds. The van der Waals surface area contributed by atoms with E-state index in [0.29, 0.717) is 12.5 Å². The van der Waals surface area contributed by atoms with E-state index in [4.69, 9.17) is 9.72 Å². The molecule has 3 heterocycles. The summed E-state index contributed by atoms with van der Waals surface area (Å²) in [5.74, 6) is 2.07. The molecule has 0 atom stereocenters. The summed E-state index contributed by atoms with van der Waals surface area (Å²) < 4.78 is 5.88. The van der Waals surface area contributed by atoms with Crippen LogP contribution in [0, 0.1) is 0 Å². The number of hydrogen-bond acceptors (Lipinski definition) is 4. The van der Waals surface area contributed by atoms with Gasteiger partial charge in [-0.15, -0.1) is 0 Å². The van der Waals surface area contributed by atoms with E-state index in [9.17, 15) is 4.79 Å². The van der Waals surface area contributed by atoms with E-state index in [1.54, 1.807) is 0 Å². The van der Waals surface area contributed by atoms with E-state index in [2.05, 4.69) is 36.2 Å². The summed E-state index contributed by atoms with van der Waals surface area (Å²) in [6.45, 7) is 6.34. The van der Waals surface area contributed by atoms with E-state index in [1.165, 1.54) is 11.1 Å². The van der Waals surface area contributed by atoms with Gasteiger partial charge in [-0.1, -0.05) is 36.4 Å². The molecule has 0 spiro atoms. The van der Waals surface area contributed by atoms with Crippen molar-refractivity contribution in [2.75, 3.05) is 19.7 Å². The topological polar surface area (TPSA) is 71.1 Å². The zero-order valence-electron chi connectivity index (χ0n) is 18.1. The average molecular weight is 417 g/mol. The van der Waals surface area contributed by atoms with Gasteiger partial charge >= 0.3 is 0 Å². The van der Waals surface area contributed by atoms with Crippen LogP contribution in [0.15, 0.2) is 48.5 Å². The maximum atomic E-state index is 13.1. The first-order valence-electron chi connectivity index (χ1n) is 11.1. The summed E-state index contributed by atoms with van der Waals surface area (Å²) in [5.41, 5.74) is 3.92. The highest BCUT2D eigenvalue weighted by atomic mass is 16.5. The van der Waals surface area contributed by atoms with Gasteiger partial charge in [0.2, 0.25) is 0 Å². The van der Waals surface area contributed by atoms with Gasteiger partial charge in [-0.05, 0) is 56.4 Å². The number of carbonyl (C=O) groups is 1. The Balaban J connectivity index is 1.25. The summed E-state index contributed by atoms with van der Waals surface area (Å²) in [6, 6.07) is 16.1. The second-order valence-corrected chi connectivity index (χ2v) is 8.96. The van der Waals surface area contributed by atoms with Gasteiger partial charge in [-0.3, -0.25) is 9.89 Å². The third-order valence-electron chi connectivity index (χ3n) is 6.54. The maximum Gasteiger partial charge on any atom is 0.253 e. The number of aromatic amines is 1. The molecule has 1 fully saturated rings. The molecule has 0 unspecified atom stereocenters. The standard InChI is InChI=1S/C25H28N4O2/c1-25(2)21-9-8-20(16-19(21)12-15-31-25)24(30)29-13-10-18(11-14-29)23-26-22(27-28-23)17-6-4-3-5-7-17/h3-9,16,18H,10-15H2,1-2H3,(H,26,27,28). The van der Waals surface area contributed by atoms with Crippen LogP contribution in [0.5, 0.6) is 0 Å². The average Bonchev–Trinajstić information content (AvgIpc) is 3.29. The highest BCUT2D eigenvalue weighted by molar-refractivity contribution is 5.94. The SMILES string of the molecule is CC1(C)OCCc2cc(C(=O)N3CCC(c4nc(-c5ccccc5)n[nH]4)CC3)ccc21. The number of nitrogens with one attached hydrogen (secondary N) is 1. The van der Waals surface area contributed by atoms with Gasteiger partial charge in [-0.25, -0.2) is 4.98 Å². The largest absolute Gasteiger partial charge is 0.371 e. The van der Waals surface area contributed by atoms with E-state index in [1.807, 2.05) is 41.3 Å². The first-order valence-corrected chi connectivity index (χ1v) is 11.1. The molecule has 31 heavy (non-hydrogen) atoms. The van der Waals surface area contributed by atoms with Gasteiger partial charge in [-0.2, -0.15) is 5.10 Å². The van der Waals surface area contributed by atoms with Crippen molar-refractivity contribution in [1.29, 1.82) is 0 Å². The number of aromatic nitrogens is 3. The molecular formula is C25H28N4O2. The molecule has 160 valence electrons. The number of piperidine rings is 1. The van der Waals surface area contributed by atoms with Crippen molar-refractivity contribution in [2.45, 2.75) is 44.6 Å². The monoisotopic (exact) mass is 416 g/mol. The smallest absolute Gasteiger partial charge is 0.253 e. The van der Waals surface area contributed by atoms with Crippen molar-refractivity contribution in [3.63, 3.8) is 0 Å². The van der Waals surface area contributed by atoms with Crippen LogP contribution < -0.4 is 0 Å². The Hall–Kier alpha value is -2.99. The number of likely N-dealkylation sites (tertiary alicyclic amines) is 1. The van der Waals surface area contributed by atoms with Gasteiger partial charge in [0.05, 0.1) is 12.2 Å². The number of carbonyl (C=O) groups excluding carboxylic acids is 1. The highest BCUT2D eigenvalue weighted by Gasteiger charge is 2.30. The Kier molecular flexibility index (Phi) is 5.10. The molecule has 5 rings (SSSR count). The van der Waals surface area contributed by atoms with Crippen molar-refractivity contribution in [3.8, 4) is 11.4 Å². The normalized spacial score (nSPS) is 18.6. The Morgan fingerprint density at radius 1 is 1.13 bits per heavy atom. The molecule has 2 aliphatic heterocycles. The number of fused-ring (bicyclic) bond motifs is 1. The summed E-state index contributed by atoms with van der Waals surface area (Å²) >= 11 is 0. The number of amides is 1. The molecular weight excluding hydrogens is 388 g/mol. The van der Waals surface area contributed by atoms with Crippen LogP contribution in [-0.2, 0) is 16.8 Å². The quantitative estimate of drug-likeness (QED) is 0.691. The highest BCUT2D eigenvalue weighted by Crippen LogP contribution is 2.33. The second-order valence-electron chi connectivity index (χ2n) is 8.96. The van der Waals surface area contributed by atoms with Crippen molar-refractivity contribution in [1.82, 2.24) is 20.1 Å².